The first-order chi connectivity index (χ1) is 22.7. The molecule has 2 N–H and O–H groups in total. The lowest BCUT2D eigenvalue weighted by molar-refractivity contribution is -0.138. The fraction of sp³-hybridized carbons (Fsp3) is 0.472. The van der Waals surface area contributed by atoms with Gasteiger partial charge in [-0.15, -0.1) is 0 Å². The molecule has 0 radical (unpaired) electrons. The Labute approximate surface area is 292 Å². The van der Waals surface area contributed by atoms with E-state index < -0.39 is 0 Å². The average Bonchev–Trinajstić information content (AvgIpc) is 3.81. The number of nitrogens with zero attached hydrogens (tertiary/aromatic N) is 3. The summed E-state index contributed by atoms with van der Waals surface area (Å²) in [6.45, 7) is 5.41. The summed E-state index contributed by atoms with van der Waals surface area (Å²) in [6, 6.07) is 14.0. The van der Waals surface area contributed by atoms with Gasteiger partial charge in [0.1, 0.15) is 11.9 Å². The predicted octanol–water partition coefficient (Wildman–Crippen LogP) is 6.57. The Kier molecular flexibility index (Phi) is 10.8. The second-order valence-electron chi connectivity index (χ2n) is 13.0. The molecule has 2 saturated heterocycles. The van der Waals surface area contributed by atoms with Crippen molar-refractivity contribution in [2.45, 2.75) is 70.1 Å². The van der Waals surface area contributed by atoms with Gasteiger partial charge in [-0.3, -0.25) is 9.59 Å². The number of pyridine rings is 1. The van der Waals surface area contributed by atoms with Gasteiger partial charge >= 0.3 is 0 Å². The minimum absolute atomic E-state index is 0.00197. The summed E-state index contributed by atoms with van der Waals surface area (Å²) in [5.74, 6) is 1.47. The highest BCUT2D eigenvalue weighted by Gasteiger charge is 2.40. The SMILES string of the molecule is CNC(=O)CCc1ccc(Cl)c(CN(C(=O)C2CNCCC2c2ccc(N3CC[C@@H](Oc4c(Cl)cc(C)cc4Cl)C3)nc2)C2CC2)c1. The first-order valence-corrected chi connectivity index (χ1v) is 17.7. The third kappa shape index (κ3) is 8.16. The number of carbonyl (C=O) groups is 2. The third-order valence-electron chi connectivity index (χ3n) is 9.54. The standard InChI is InChI=1S/C36H42Cl3N5O3/c1-22-15-31(38)35(32(39)16-22)47-27-12-14-43(21-27)33-9-5-24(18-42-33)28-11-13-41-19-29(28)36(46)44(26-6-7-26)20-25-17-23(3-8-30(25)37)4-10-34(45)40-2/h3,5,8-9,15-18,26-29,41H,4,6-7,10-14,19-21H2,1-2H3,(H,40,45)/t27-,28?,29?/m1/s1. The second-order valence-corrected chi connectivity index (χ2v) is 14.2. The van der Waals surface area contributed by atoms with Crippen molar-refractivity contribution < 1.29 is 14.3 Å². The molecule has 8 nitrogen and oxygen atoms in total. The van der Waals surface area contributed by atoms with Gasteiger partial charge in [-0.1, -0.05) is 53.0 Å². The van der Waals surface area contributed by atoms with Crippen LogP contribution in [0.1, 0.15) is 60.3 Å². The largest absolute Gasteiger partial charge is 0.485 e. The maximum absolute atomic E-state index is 14.3. The minimum atomic E-state index is -0.194. The van der Waals surface area contributed by atoms with Crippen LogP contribution >= 0.6 is 34.8 Å². The maximum atomic E-state index is 14.3. The smallest absolute Gasteiger partial charge is 0.228 e. The zero-order valence-electron chi connectivity index (χ0n) is 26.9. The number of aromatic nitrogens is 1. The van der Waals surface area contributed by atoms with Crippen LogP contribution in [0.5, 0.6) is 5.75 Å². The lowest BCUT2D eigenvalue weighted by Crippen LogP contribution is -2.47. The number of amides is 2. The molecule has 3 aromatic rings. The van der Waals surface area contributed by atoms with Gasteiger partial charge in [0.05, 0.1) is 22.5 Å². The van der Waals surface area contributed by atoms with E-state index in [0.29, 0.717) is 53.3 Å². The summed E-state index contributed by atoms with van der Waals surface area (Å²) in [5.41, 5.74) is 4.04. The van der Waals surface area contributed by atoms with E-state index in [1.54, 1.807) is 7.05 Å². The molecule has 11 heteroatoms. The van der Waals surface area contributed by atoms with E-state index >= 15 is 0 Å². The first kappa shape index (κ1) is 33.8. The lowest BCUT2D eigenvalue weighted by Gasteiger charge is -2.36. The Morgan fingerprint density at radius 3 is 2.53 bits per heavy atom. The highest BCUT2D eigenvalue weighted by Crippen LogP contribution is 2.38. The minimum Gasteiger partial charge on any atom is -0.485 e. The number of benzene rings is 2. The van der Waals surface area contributed by atoms with Crippen LogP contribution in [0.15, 0.2) is 48.7 Å². The molecule has 2 aromatic carbocycles. The van der Waals surface area contributed by atoms with Crippen molar-refractivity contribution in [2.24, 2.45) is 5.92 Å². The zero-order chi connectivity index (χ0) is 33.1. The molecule has 3 aliphatic rings. The van der Waals surface area contributed by atoms with Crippen molar-refractivity contribution in [2.75, 3.05) is 38.1 Å². The van der Waals surface area contributed by atoms with Crippen molar-refractivity contribution in [3.63, 3.8) is 0 Å². The molecule has 2 amide bonds. The molecule has 1 saturated carbocycles. The molecule has 0 bridgehead atoms. The van der Waals surface area contributed by atoms with Crippen LogP contribution in [-0.4, -0.2) is 67.1 Å². The van der Waals surface area contributed by atoms with E-state index in [-0.39, 0.29) is 35.8 Å². The number of halogens is 3. The molecule has 3 atom stereocenters. The number of aryl methyl sites for hydroxylation is 2. The van der Waals surface area contributed by atoms with Gasteiger partial charge in [0.25, 0.3) is 0 Å². The van der Waals surface area contributed by atoms with Crippen molar-refractivity contribution in [1.29, 1.82) is 0 Å². The van der Waals surface area contributed by atoms with Gasteiger partial charge in [-0.25, -0.2) is 4.98 Å². The number of rotatable bonds is 11. The highest BCUT2D eigenvalue weighted by atomic mass is 35.5. The van der Waals surface area contributed by atoms with Crippen LogP contribution in [0.4, 0.5) is 5.82 Å². The van der Waals surface area contributed by atoms with Crippen LogP contribution < -0.4 is 20.3 Å². The van der Waals surface area contributed by atoms with E-state index in [4.69, 9.17) is 44.5 Å². The van der Waals surface area contributed by atoms with Crippen molar-refractivity contribution in [3.8, 4) is 5.75 Å². The molecule has 0 spiro atoms. The van der Waals surface area contributed by atoms with Gasteiger partial charge in [0, 0.05) is 56.8 Å². The summed E-state index contributed by atoms with van der Waals surface area (Å²) >= 11 is 19.5. The Bertz CT molecular complexity index is 1580. The number of anilines is 1. The summed E-state index contributed by atoms with van der Waals surface area (Å²) in [5, 5.41) is 7.83. The van der Waals surface area contributed by atoms with Crippen molar-refractivity contribution in [1.82, 2.24) is 20.5 Å². The molecule has 47 heavy (non-hydrogen) atoms. The monoisotopic (exact) mass is 697 g/mol. The van der Waals surface area contributed by atoms with Crippen molar-refractivity contribution >= 4 is 52.4 Å². The van der Waals surface area contributed by atoms with E-state index in [0.717, 1.165) is 66.8 Å². The van der Waals surface area contributed by atoms with Gasteiger partial charge in [-0.2, -0.15) is 0 Å². The van der Waals surface area contributed by atoms with Gasteiger partial charge in [0.15, 0.2) is 5.75 Å². The summed E-state index contributed by atoms with van der Waals surface area (Å²) < 4.78 is 6.23. The van der Waals surface area contributed by atoms with E-state index in [1.165, 1.54) is 0 Å². The average molecular weight is 699 g/mol. The summed E-state index contributed by atoms with van der Waals surface area (Å²) in [4.78, 5) is 35.2. The highest BCUT2D eigenvalue weighted by molar-refractivity contribution is 6.37. The maximum Gasteiger partial charge on any atom is 0.228 e. The Morgan fingerprint density at radius 1 is 1.04 bits per heavy atom. The van der Waals surface area contributed by atoms with Crippen LogP contribution in [0, 0.1) is 12.8 Å². The van der Waals surface area contributed by atoms with Gasteiger partial charge < -0.3 is 25.2 Å². The Hall–Kier alpha value is -3.04. The molecule has 250 valence electrons. The molecule has 6 rings (SSSR count). The van der Waals surface area contributed by atoms with Crippen LogP contribution in [-0.2, 0) is 22.6 Å². The molecular formula is C36H42Cl3N5O3. The van der Waals surface area contributed by atoms with Gasteiger partial charge in [0.2, 0.25) is 11.8 Å². The van der Waals surface area contributed by atoms with Crippen molar-refractivity contribution in [3.05, 3.63) is 86.0 Å². The second kappa shape index (κ2) is 15.0. The zero-order valence-corrected chi connectivity index (χ0v) is 29.2. The topological polar surface area (TPSA) is 86.8 Å². The predicted molar refractivity (Wildman–Crippen MR) is 188 cm³/mol. The number of carbonyl (C=O) groups excluding carboxylic acids is 2. The van der Waals surface area contributed by atoms with Crippen LogP contribution in [0.25, 0.3) is 0 Å². The molecule has 3 fully saturated rings. The fourth-order valence-corrected chi connectivity index (χ4v) is 7.64. The molecular weight excluding hydrogens is 657 g/mol. The number of ether oxygens (including phenoxy) is 1. The molecule has 1 aromatic heterocycles. The number of nitrogens with one attached hydrogen (secondary N) is 2. The summed E-state index contributed by atoms with van der Waals surface area (Å²) in [7, 11) is 1.65. The first-order valence-electron chi connectivity index (χ1n) is 16.5. The van der Waals surface area contributed by atoms with Crippen LogP contribution in [0.2, 0.25) is 15.1 Å². The van der Waals surface area contributed by atoms with E-state index in [1.807, 2.05) is 48.4 Å². The number of hydrogen-bond donors (Lipinski definition) is 2. The lowest BCUT2D eigenvalue weighted by atomic mass is 9.80. The quantitative estimate of drug-likeness (QED) is 0.236. The van der Waals surface area contributed by atoms with E-state index in [2.05, 4.69) is 27.7 Å². The normalized spacial score (nSPS) is 21.0. The number of hydrogen-bond acceptors (Lipinski definition) is 6. The Morgan fingerprint density at radius 2 is 1.83 bits per heavy atom. The fourth-order valence-electron chi connectivity index (χ4n) is 6.78. The van der Waals surface area contributed by atoms with Crippen LogP contribution in [0.3, 0.4) is 0 Å². The van der Waals surface area contributed by atoms with Gasteiger partial charge in [-0.05, 0) is 91.6 Å². The Balaban J connectivity index is 1.12. The summed E-state index contributed by atoms with van der Waals surface area (Å²) in [6.07, 6.45) is 6.65. The molecule has 2 aliphatic heterocycles. The molecule has 3 heterocycles. The molecule has 1 aliphatic carbocycles. The third-order valence-corrected chi connectivity index (χ3v) is 10.5. The number of piperidine rings is 1. The molecule has 2 unspecified atom stereocenters. The van der Waals surface area contributed by atoms with E-state index in [9.17, 15) is 9.59 Å².